The second-order valence-corrected chi connectivity index (χ2v) is 8.64. The minimum absolute atomic E-state index is 0.0986. The van der Waals surface area contributed by atoms with Crippen LogP contribution in [0.3, 0.4) is 0 Å². The number of halogens is 1. The van der Waals surface area contributed by atoms with Gasteiger partial charge in [-0.3, -0.25) is 18.7 Å². The average Bonchev–Trinajstić information content (AvgIpc) is 2.79. The third kappa shape index (κ3) is 4.57. The molecule has 0 unspecified atom stereocenters. The van der Waals surface area contributed by atoms with Gasteiger partial charge in [0.25, 0.3) is 11.1 Å². The first kappa shape index (κ1) is 22.5. The Morgan fingerprint density at radius 2 is 1.81 bits per heavy atom. The van der Waals surface area contributed by atoms with E-state index in [0.29, 0.717) is 69.7 Å². The highest BCUT2D eigenvalue weighted by molar-refractivity contribution is 7.98. The first-order valence-electron chi connectivity index (χ1n) is 10.3. The van der Waals surface area contributed by atoms with E-state index in [9.17, 15) is 9.59 Å². The van der Waals surface area contributed by atoms with E-state index in [1.54, 1.807) is 40.4 Å². The van der Waals surface area contributed by atoms with Crippen LogP contribution in [0, 0.1) is 0 Å². The smallest absolute Gasteiger partial charge is 0.262 e. The van der Waals surface area contributed by atoms with Crippen molar-refractivity contribution in [2.45, 2.75) is 30.8 Å². The van der Waals surface area contributed by atoms with Gasteiger partial charge in [-0.2, -0.15) is 0 Å². The molecule has 2 heterocycles. The predicted molar refractivity (Wildman–Crippen MR) is 129 cm³/mol. The molecule has 0 aliphatic heterocycles. The Hall–Kier alpha value is -2.68. The lowest BCUT2D eigenvalue weighted by atomic mass is 10.2. The monoisotopic (exact) mass is 470 g/mol. The van der Waals surface area contributed by atoms with Crippen LogP contribution in [-0.2, 0) is 24.1 Å². The van der Waals surface area contributed by atoms with Crippen LogP contribution in [0.25, 0.3) is 21.8 Å². The van der Waals surface area contributed by atoms with E-state index in [1.807, 2.05) is 25.1 Å². The molecule has 0 saturated heterocycles. The average molecular weight is 471 g/mol. The van der Waals surface area contributed by atoms with Crippen molar-refractivity contribution in [3.63, 3.8) is 0 Å². The van der Waals surface area contributed by atoms with Crippen LogP contribution < -0.4 is 11.1 Å². The Bertz CT molecular complexity index is 1400. The van der Waals surface area contributed by atoms with E-state index in [-0.39, 0.29) is 11.1 Å². The fourth-order valence-electron chi connectivity index (χ4n) is 3.47. The van der Waals surface area contributed by atoms with Crippen LogP contribution in [-0.4, -0.2) is 32.3 Å². The van der Waals surface area contributed by atoms with Crippen molar-refractivity contribution in [2.75, 3.05) is 13.2 Å². The molecule has 32 heavy (non-hydrogen) atoms. The summed E-state index contributed by atoms with van der Waals surface area (Å²) in [7, 11) is 1.71. The van der Waals surface area contributed by atoms with E-state index in [1.165, 1.54) is 11.8 Å². The van der Waals surface area contributed by atoms with Crippen molar-refractivity contribution < 1.29 is 4.74 Å². The van der Waals surface area contributed by atoms with Crippen molar-refractivity contribution in [2.24, 2.45) is 7.05 Å². The highest BCUT2D eigenvalue weighted by Crippen LogP contribution is 2.23. The van der Waals surface area contributed by atoms with Crippen LogP contribution in [0.4, 0.5) is 0 Å². The topological polar surface area (TPSA) is 79.0 Å². The quantitative estimate of drug-likeness (QED) is 0.220. The van der Waals surface area contributed by atoms with Crippen molar-refractivity contribution >= 4 is 45.2 Å². The zero-order valence-electron chi connectivity index (χ0n) is 17.9. The summed E-state index contributed by atoms with van der Waals surface area (Å²) in [4.78, 5) is 35.3. The molecule has 0 spiro atoms. The number of ether oxygens (including phenoxy) is 1. The molecule has 0 aliphatic carbocycles. The molecular weight excluding hydrogens is 448 g/mol. The standard InChI is InChI=1S/C23H23ClN4O3S/c1-3-31-12-6-11-28-22(30)17-10-9-15(24)13-19(17)26-23(28)32-14-20-25-18-8-5-4-7-16(18)21(29)27(20)2/h4-5,7-10,13H,3,6,11-12,14H2,1-2H3. The minimum atomic E-state index is -0.119. The molecule has 7 nitrogen and oxygen atoms in total. The highest BCUT2D eigenvalue weighted by Gasteiger charge is 2.14. The van der Waals surface area contributed by atoms with Gasteiger partial charge in [-0.15, -0.1) is 0 Å². The van der Waals surface area contributed by atoms with Crippen LogP contribution in [0.1, 0.15) is 19.2 Å². The molecule has 166 valence electrons. The van der Waals surface area contributed by atoms with Gasteiger partial charge in [-0.25, -0.2) is 9.97 Å². The maximum Gasteiger partial charge on any atom is 0.262 e. The van der Waals surface area contributed by atoms with Gasteiger partial charge in [0.05, 0.1) is 27.6 Å². The van der Waals surface area contributed by atoms with E-state index >= 15 is 0 Å². The van der Waals surface area contributed by atoms with Gasteiger partial charge in [0.15, 0.2) is 5.16 Å². The summed E-state index contributed by atoms with van der Waals surface area (Å²) in [5.41, 5.74) is 0.981. The number of para-hydroxylation sites is 1. The maximum atomic E-state index is 13.2. The zero-order chi connectivity index (χ0) is 22.7. The van der Waals surface area contributed by atoms with Crippen molar-refractivity contribution in [3.8, 4) is 0 Å². The van der Waals surface area contributed by atoms with Gasteiger partial charge in [0.2, 0.25) is 0 Å². The third-order valence-corrected chi connectivity index (χ3v) is 6.37. The molecule has 2 aromatic heterocycles. The Kier molecular flexibility index (Phi) is 6.93. The Balaban J connectivity index is 1.71. The molecule has 0 amide bonds. The molecule has 0 bridgehead atoms. The molecule has 0 fully saturated rings. The number of rotatable bonds is 8. The molecular formula is C23H23ClN4O3S. The number of fused-ring (bicyclic) bond motifs is 2. The summed E-state index contributed by atoms with van der Waals surface area (Å²) >= 11 is 7.50. The SMILES string of the molecule is CCOCCCn1c(SCc2nc3ccccc3c(=O)n2C)nc2cc(Cl)ccc2c1=O. The zero-order valence-corrected chi connectivity index (χ0v) is 19.4. The molecule has 0 atom stereocenters. The van der Waals surface area contributed by atoms with Gasteiger partial charge < -0.3 is 4.74 Å². The lowest BCUT2D eigenvalue weighted by Crippen LogP contribution is -2.25. The Labute approximate surface area is 194 Å². The second-order valence-electron chi connectivity index (χ2n) is 7.26. The number of nitrogens with zero attached hydrogens (tertiary/aromatic N) is 4. The van der Waals surface area contributed by atoms with Crippen molar-refractivity contribution in [1.82, 2.24) is 19.1 Å². The number of hydrogen-bond acceptors (Lipinski definition) is 6. The predicted octanol–water partition coefficient (Wildman–Crippen LogP) is 4.02. The van der Waals surface area contributed by atoms with Crippen LogP contribution >= 0.6 is 23.4 Å². The Morgan fingerprint density at radius 3 is 2.62 bits per heavy atom. The maximum absolute atomic E-state index is 13.2. The van der Waals surface area contributed by atoms with E-state index in [0.717, 1.165) is 0 Å². The van der Waals surface area contributed by atoms with Crippen molar-refractivity contribution in [3.05, 3.63) is 74.0 Å². The van der Waals surface area contributed by atoms with Gasteiger partial charge in [-0.05, 0) is 43.7 Å². The fraction of sp³-hybridized carbons (Fsp3) is 0.304. The molecule has 9 heteroatoms. The number of aromatic nitrogens is 4. The van der Waals surface area contributed by atoms with E-state index < -0.39 is 0 Å². The van der Waals surface area contributed by atoms with Gasteiger partial charge in [0, 0.05) is 31.8 Å². The summed E-state index contributed by atoms with van der Waals surface area (Å²) in [6.07, 6.45) is 0.689. The van der Waals surface area contributed by atoms with Gasteiger partial charge >= 0.3 is 0 Å². The molecule has 0 saturated carbocycles. The number of hydrogen-bond donors (Lipinski definition) is 0. The van der Waals surface area contributed by atoms with Gasteiger partial charge in [-0.1, -0.05) is 35.5 Å². The summed E-state index contributed by atoms with van der Waals surface area (Å²) in [6, 6.07) is 12.4. The number of benzene rings is 2. The summed E-state index contributed by atoms with van der Waals surface area (Å²) < 4.78 is 8.64. The molecule has 0 aliphatic rings. The van der Waals surface area contributed by atoms with E-state index in [4.69, 9.17) is 21.3 Å². The fourth-order valence-corrected chi connectivity index (χ4v) is 4.65. The molecule has 0 radical (unpaired) electrons. The lowest BCUT2D eigenvalue weighted by Gasteiger charge is -2.14. The largest absolute Gasteiger partial charge is 0.382 e. The summed E-state index contributed by atoms with van der Waals surface area (Å²) in [6.45, 7) is 3.62. The molecule has 4 aromatic rings. The number of thioether (sulfide) groups is 1. The van der Waals surface area contributed by atoms with Gasteiger partial charge in [0.1, 0.15) is 5.82 Å². The second kappa shape index (κ2) is 9.85. The molecule has 0 N–H and O–H groups in total. The van der Waals surface area contributed by atoms with Crippen LogP contribution in [0.2, 0.25) is 5.02 Å². The minimum Gasteiger partial charge on any atom is -0.382 e. The lowest BCUT2D eigenvalue weighted by molar-refractivity contribution is 0.140. The molecule has 2 aromatic carbocycles. The Morgan fingerprint density at radius 1 is 1.03 bits per heavy atom. The first-order chi connectivity index (χ1) is 15.5. The van der Waals surface area contributed by atoms with E-state index in [2.05, 4.69) is 4.98 Å². The van der Waals surface area contributed by atoms with Crippen molar-refractivity contribution in [1.29, 1.82) is 0 Å². The van der Waals surface area contributed by atoms with Crippen LogP contribution in [0.5, 0.6) is 0 Å². The normalized spacial score (nSPS) is 11.5. The molecule has 4 rings (SSSR count). The van der Waals surface area contributed by atoms with Crippen LogP contribution in [0.15, 0.2) is 57.2 Å². The summed E-state index contributed by atoms with van der Waals surface area (Å²) in [5.74, 6) is 1.00. The highest BCUT2D eigenvalue weighted by atomic mass is 35.5. The first-order valence-corrected chi connectivity index (χ1v) is 11.7. The third-order valence-electron chi connectivity index (χ3n) is 5.16. The summed E-state index contributed by atoms with van der Waals surface area (Å²) in [5, 5.41) is 2.18.